The van der Waals surface area contributed by atoms with Crippen LogP contribution in [0.2, 0.25) is 0 Å². The molecule has 0 saturated heterocycles. The molecule has 10 heteroatoms. The molecule has 3 rings (SSSR count). The predicted octanol–water partition coefficient (Wildman–Crippen LogP) is 3.55. The molecule has 10 nitrogen and oxygen atoms in total. The Balaban J connectivity index is 2.03. The summed E-state index contributed by atoms with van der Waals surface area (Å²) < 4.78 is 10.1. The molecule has 1 aliphatic carbocycles. The Kier molecular flexibility index (Phi) is 10.1. The minimum atomic E-state index is -1.07. The van der Waals surface area contributed by atoms with Crippen LogP contribution in [0.25, 0.3) is 0 Å². The number of hydrogen-bond donors (Lipinski definition) is 3. The molecular formula is C30H39N3O7. The zero-order valence-electron chi connectivity index (χ0n) is 23.7. The van der Waals surface area contributed by atoms with Crippen molar-refractivity contribution in [3.05, 3.63) is 65.2 Å². The van der Waals surface area contributed by atoms with Crippen LogP contribution in [0.4, 0.5) is 4.79 Å². The standard InChI is InChI=1S/C30H39N3O7/c1-19-8-6-9-21(16-19)26(27(36)31-18-25(35)39-5)33(22-10-7-11-22)28(37)24(32-29(38)40-30(2,3)4)17-20-12-14-23(34)15-13-20/h6,8-9,12-16,22,24,26,34H,7,10-11,17-18H2,1-5H3,(H,31,36)(H,32,38). The van der Waals surface area contributed by atoms with Gasteiger partial charge in [-0.15, -0.1) is 0 Å². The second-order valence-electron chi connectivity index (χ2n) is 11.0. The van der Waals surface area contributed by atoms with Gasteiger partial charge in [0.05, 0.1) is 7.11 Å². The minimum absolute atomic E-state index is 0.0737. The quantitative estimate of drug-likeness (QED) is 0.383. The zero-order valence-corrected chi connectivity index (χ0v) is 23.7. The number of hydrogen-bond acceptors (Lipinski definition) is 7. The maximum absolute atomic E-state index is 14.4. The molecule has 0 bridgehead atoms. The number of esters is 1. The molecule has 2 atom stereocenters. The van der Waals surface area contributed by atoms with Gasteiger partial charge in [-0.1, -0.05) is 42.0 Å². The molecule has 0 spiro atoms. The van der Waals surface area contributed by atoms with Crippen LogP contribution in [0.1, 0.15) is 62.8 Å². The fraction of sp³-hybridized carbons (Fsp3) is 0.467. The topological polar surface area (TPSA) is 134 Å². The molecule has 2 aromatic carbocycles. The van der Waals surface area contributed by atoms with Gasteiger partial charge in [-0.2, -0.15) is 0 Å². The summed E-state index contributed by atoms with van der Waals surface area (Å²) in [6, 6.07) is 11.3. The van der Waals surface area contributed by atoms with E-state index in [2.05, 4.69) is 15.4 Å². The second kappa shape index (κ2) is 13.3. The largest absolute Gasteiger partial charge is 0.508 e. The van der Waals surface area contributed by atoms with Gasteiger partial charge in [0.15, 0.2) is 0 Å². The number of phenolic OH excluding ortho intramolecular Hbond substituents is 1. The van der Waals surface area contributed by atoms with Crippen LogP contribution in [-0.4, -0.2) is 65.2 Å². The van der Waals surface area contributed by atoms with E-state index in [9.17, 15) is 24.3 Å². The van der Waals surface area contributed by atoms with Gasteiger partial charge in [-0.3, -0.25) is 14.4 Å². The van der Waals surface area contributed by atoms with E-state index in [1.54, 1.807) is 39.0 Å². The van der Waals surface area contributed by atoms with Gasteiger partial charge in [0, 0.05) is 12.5 Å². The smallest absolute Gasteiger partial charge is 0.408 e. The lowest BCUT2D eigenvalue weighted by atomic mass is 9.87. The summed E-state index contributed by atoms with van der Waals surface area (Å²) in [7, 11) is 1.23. The van der Waals surface area contributed by atoms with E-state index in [1.807, 2.05) is 25.1 Å². The first-order chi connectivity index (χ1) is 18.9. The monoisotopic (exact) mass is 553 g/mol. The Morgan fingerprint density at radius 2 is 1.75 bits per heavy atom. The van der Waals surface area contributed by atoms with Crippen molar-refractivity contribution in [2.45, 2.75) is 77.1 Å². The van der Waals surface area contributed by atoms with E-state index in [0.717, 1.165) is 12.0 Å². The average molecular weight is 554 g/mol. The normalized spacial score (nSPS) is 14.7. The number of aryl methyl sites for hydroxylation is 1. The fourth-order valence-electron chi connectivity index (χ4n) is 4.49. The third-order valence-corrected chi connectivity index (χ3v) is 6.61. The van der Waals surface area contributed by atoms with Crippen LogP contribution < -0.4 is 10.6 Å². The molecule has 2 unspecified atom stereocenters. The Morgan fingerprint density at radius 3 is 2.30 bits per heavy atom. The zero-order chi connectivity index (χ0) is 29.4. The Labute approximate surface area is 235 Å². The molecule has 216 valence electrons. The summed E-state index contributed by atoms with van der Waals surface area (Å²) in [5.74, 6) is -1.53. The highest BCUT2D eigenvalue weighted by Gasteiger charge is 2.42. The molecule has 2 aromatic rings. The number of alkyl carbamates (subject to hydrolysis) is 1. The summed E-state index contributed by atoms with van der Waals surface area (Å²) in [4.78, 5) is 54.2. The number of carbonyl (C=O) groups excluding carboxylic acids is 4. The third kappa shape index (κ3) is 8.46. The van der Waals surface area contributed by atoms with Gasteiger partial charge in [0.2, 0.25) is 11.8 Å². The number of phenols is 1. The fourth-order valence-corrected chi connectivity index (χ4v) is 4.49. The molecule has 3 N–H and O–H groups in total. The SMILES string of the molecule is COC(=O)CNC(=O)C(c1cccc(C)c1)N(C(=O)C(Cc1ccc(O)cc1)NC(=O)OC(C)(C)C)C1CCC1. The average Bonchev–Trinajstić information content (AvgIpc) is 2.85. The number of carbonyl (C=O) groups is 4. The second-order valence-corrected chi connectivity index (χ2v) is 11.0. The van der Waals surface area contributed by atoms with Crippen LogP contribution in [0.15, 0.2) is 48.5 Å². The Bertz CT molecular complexity index is 1200. The van der Waals surface area contributed by atoms with Crippen LogP contribution in [0.5, 0.6) is 5.75 Å². The Morgan fingerprint density at radius 1 is 1.07 bits per heavy atom. The van der Waals surface area contributed by atoms with Crippen LogP contribution >= 0.6 is 0 Å². The number of nitrogens with zero attached hydrogens (tertiary/aromatic N) is 1. The number of ether oxygens (including phenoxy) is 2. The molecule has 3 amide bonds. The van der Waals surface area contributed by atoms with Crippen molar-refractivity contribution in [1.29, 1.82) is 0 Å². The van der Waals surface area contributed by atoms with Crippen molar-refractivity contribution in [2.75, 3.05) is 13.7 Å². The number of benzene rings is 2. The molecular weight excluding hydrogens is 514 g/mol. The lowest BCUT2D eigenvalue weighted by Gasteiger charge is -2.43. The summed E-state index contributed by atoms with van der Waals surface area (Å²) in [5.41, 5.74) is 1.39. The maximum atomic E-state index is 14.4. The molecule has 1 aliphatic rings. The van der Waals surface area contributed by atoms with Gasteiger partial charge >= 0.3 is 12.1 Å². The lowest BCUT2D eigenvalue weighted by Crippen LogP contribution is -2.58. The van der Waals surface area contributed by atoms with E-state index < -0.39 is 41.6 Å². The van der Waals surface area contributed by atoms with Crippen LogP contribution in [0.3, 0.4) is 0 Å². The molecule has 1 saturated carbocycles. The van der Waals surface area contributed by atoms with Crippen molar-refractivity contribution in [1.82, 2.24) is 15.5 Å². The van der Waals surface area contributed by atoms with E-state index in [-0.39, 0.29) is 24.8 Å². The van der Waals surface area contributed by atoms with Gasteiger partial charge in [-0.25, -0.2) is 4.79 Å². The van der Waals surface area contributed by atoms with Gasteiger partial charge in [0.1, 0.15) is 30.0 Å². The van der Waals surface area contributed by atoms with Crippen molar-refractivity contribution in [3.8, 4) is 5.75 Å². The van der Waals surface area contributed by atoms with E-state index in [1.165, 1.54) is 24.1 Å². The Hall–Kier alpha value is -4.08. The van der Waals surface area contributed by atoms with E-state index in [4.69, 9.17) is 4.74 Å². The third-order valence-electron chi connectivity index (χ3n) is 6.61. The van der Waals surface area contributed by atoms with Crippen molar-refractivity contribution in [2.24, 2.45) is 0 Å². The highest BCUT2D eigenvalue weighted by atomic mass is 16.6. The molecule has 1 fully saturated rings. The molecule has 0 radical (unpaired) electrons. The van der Waals surface area contributed by atoms with Crippen LogP contribution in [0, 0.1) is 6.92 Å². The molecule has 40 heavy (non-hydrogen) atoms. The number of amides is 3. The van der Waals surface area contributed by atoms with Crippen molar-refractivity contribution >= 4 is 23.9 Å². The van der Waals surface area contributed by atoms with Gasteiger partial charge in [-0.05, 0) is 70.2 Å². The minimum Gasteiger partial charge on any atom is -0.508 e. The van der Waals surface area contributed by atoms with E-state index >= 15 is 0 Å². The van der Waals surface area contributed by atoms with E-state index in [0.29, 0.717) is 24.0 Å². The highest BCUT2D eigenvalue weighted by Crippen LogP contribution is 2.34. The molecule has 0 aliphatic heterocycles. The molecule has 0 aromatic heterocycles. The van der Waals surface area contributed by atoms with Crippen LogP contribution in [-0.2, 0) is 30.3 Å². The number of rotatable bonds is 10. The first-order valence-electron chi connectivity index (χ1n) is 13.4. The summed E-state index contributed by atoms with van der Waals surface area (Å²) >= 11 is 0. The number of aromatic hydroxyl groups is 1. The van der Waals surface area contributed by atoms with Gasteiger partial charge < -0.3 is 30.1 Å². The predicted molar refractivity (Wildman–Crippen MR) is 148 cm³/mol. The first kappa shape index (κ1) is 30.5. The van der Waals surface area contributed by atoms with Crippen molar-refractivity contribution < 1.29 is 33.8 Å². The molecule has 0 heterocycles. The number of methoxy groups -OCH3 is 1. The summed E-state index contributed by atoms with van der Waals surface area (Å²) in [6.45, 7) is 6.72. The first-order valence-corrected chi connectivity index (χ1v) is 13.4. The van der Waals surface area contributed by atoms with Gasteiger partial charge in [0.25, 0.3) is 0 Å². The highest BCUT2D eigenvalue weighted by molar-refractivity contribution is 5.93. The number of nitrogens with one attached hydrogen (secondary N) is 2. The lowest BCUT2D eigenvalue weighted by molar-refractivity contribution is -0.148. The maximum Gasteiger partial charge on any atom is 0.408 e. The summed E-state index contributed by atoms with van der Waals surface area (Å²) in [6.07, 6.45) is 1.61. The summed E-state index contributed by atoms with van der Waals surface area (Å²) in [5, 5.41) is 15.0. The van der Waals surface area contributed by atoms with Crippen molar-refractivity contribution in [3.63, 3.8) is 0 Å².